The topological polar surface area (TPSA) is 94.6 Å². The normalized spacial score (nSPS) is 28.8. The summed E-state index contributed by atoms with van der Waals surface area (Å²) in [6.45, 7) is 2.26. The van der Waals surface area contributed by atoms with Gasteiger partial charge in [-0.1, -0.05) is 6.07 Å². The van der Waals surface area contributed by atoms with Crippen molar-refractivity contribution in [3.8, 4) is 5.75 Å². The molecule has 29 heavy (non-hydrogen) atoms. The van der Waals surface area contributed by atoms with Gasteiger partial charge in [-0.2, -0.15) is 0 Å². The van der Waals surface area contributed by atoms with Crippen molar-refractivity contribution in [3.05, 3.63) is 36.2 Å². The van der Waals surface area contributed by atoms with Crippen molar-refractivity contribution in [2.75, 3.05) is 19.6 Å². The molecule has 0 spiro atoms. The van der Waals surface area contributed by atoms with Crippen molar-refractivity contribution in [3.63, 3.8) is 0 Å². The molecule has 2 aromatic rings. The first kappa shape index (κ1) is 18.4. The molecule has 7 heteroatoms. The molecule has 0 radical (unpaired) electrons. The fraction of sp³-hybridized carbons (Fsp3) is 0.500. The van der Waals surface area contributed by atoms with Gasteiger partial charge >= 0.3 is 0 Å². The number of hydrogen-bond donors (Lipinski definition) is 3. The maximum atomic E-state index is 12.9. The molecule has 3 N–H and O–H groups in total. The number of carbonyl (C=O) groups excluding carboxylic acids is 2. The number of benzene rings is 1. The number of nitrogens with one attached hydrogen (secondary N) is 2. The molecule has 2 bridgehead atoms. The van der Waals surface area contributed by atoms with Crippen LogP contribution in [0.5, 0.6) is 5.75 Å². The van der Waals surface area contributed by atoms with Crippen LogP contribution >= 0.6 is 0 Å². The van der Waals surface area contributed by atoms with E-state index in [1.54, 1.807) is 30.6 Å². The number of nitrogens with zero attached hydrogens (tertiary/aromatic N) is 2. The summed E-state index contributed by atoms with van der Waals surface area (Å²) in [6.07, 6.45) is 6.98. The molecule has 3 saturated heterocycles. The van der Waals surface area contributed by atoms with Crippen LogP contribution in [0.3, 0.4) is 0 Å². The molecule has 4 heterocycles. The number of rotatable bonds is 3. The lowest BCUT2D eigenvalue weighted by Gasteiger charge is -2.54. The molecular formula is C22H26N4O3. The van der Waals surface area contributed by atoms with E-state index in [0.717, 1.165) is 37.7 Å². The van der Waals surface area contributed by atoms with E-state index in [2.05, 4.69) is 20.5 Å². The summed E-state index contributed by atoms with van der Waals surface area (Å²) in [6, 6.07) is 5.41. The van der Waals surface area contributed by atoms with Crippen LogP contribution in [0.15, 0.2) is 30.6 Å². The molecule has 2 amide bonds. The summed E-state index contributed by atoms with van der Waals surface area (Å²) in [5.74, 6) is 0.746. The largest absolute Gasteiger partial charge is 0.506 e. The molecule has 3 aliphatic heterocycles. The van der Waals surface area contributed by atoms with Gasteiger partial charge in [-0.25, -0.2) is 0 Å². The van der Waals surface area contributed by atoms with Crippen LogP contribution in [0.4, 0.5) is 0 Å². The summed E-state index contributed by atoms with van der Waals surface area (Å²) in [7, 11) is 0. The van der Waals surface area contributed by atoms with Crippen LogP contribution in [0, 0.1) is 11.8 Å². The Kier molecular flexibility index (Phi) is 4.62. The number of carbonyl (C=O) groups is 2. The zero-order chi connectivity index (χ0) is 20.0. The minimum absolute atomic E-state index is 0.00704. The molecule has 4 atom stereocenters. The third-order valence-electron chi connectivity index (χ3n) is 6.91. The Bertz CT molecular complexity index is 962. The van der Waals surface area contributed by atoms with Crippen molar-refractivity contribution in [1.82, 2.24) is 20.5 Å². The highest BCUT2D eigenvalue weighted by Gasteiger charge is 2.47. The summed E-state index contributed by atoms with van der Waals surface area (Å²) < 4.78 is 0. The third-order valence-corrected chi connectivity index (χ3v) is 6.91. The molecular weight excluding hydrogens is 368 g/mol. The number of aromatic nitrogens is 1. The van der Waals surface area contributed by atoms with Gasteiger partial charge in [0.05, 0.1) is 11.6 Å². The standard InChI is InChI=1S/C22H26N4O3/c27-20-3-1-2-18-14-8-15(11-24-10-14)19(26(18)20)12-25-22(29)17-5-4-13-9-23-7-6-16(13)21(17)28/h4-7,9,14-15,18-19,24,28H,1-3,8,10-12H2,(H,25,29)/t14-,15+,18+,19+/m1/s1. The van der Waals surface area contributed by atoms with Crippen molar-refractivity contribution >= 4 is 22.6 Å². The summed E-state index contributed by atoms with van der Waals surface area (Å²) in [5, 5.41) is 18.5. The average molecular weight is 394 g/mol. The van der Waals surface area contributed by atoms with E-state index in [9.17, 15) is 14.7 Å². The highest BCUT2D eigenvalue weighted by molar-refractivity contribution is 6.03. The van der Waals surface area contributed by atoms with Crippen molar-refractivity contribution < 1.29 is 14.7 Å². The first-order valence-corrected chi connectivity index (χ1v) is 10.5. The molecule has 1 aromatic heterocycles. The van der Waals surface area contributed by atoms with Crippen molar-refractivity contribution in [2.24, 2.45) is 11.8 Å². The van der Waals surface area contributed by atoms with Crippen LogP contribution in [0.25, 0.3) is 10.8 Å². The third kappa shape index (κ3) is 3.13. The maximum Gasteiger partial charge on any atom is 0.255 e. The predicted molar refractivity (Wildman–Crippen MR) is 108 cm³/mol. The second-order valence-corrected chi connectivity index (χ2v) is 8.51. The molecule has 0 saturated carbocycles. The Labute approximate surface area is 169 Å². The van der Waals surface area contributed by atoms with Crippen LogP contribution in [0.2, 0.25) is 0 Å². The van der Waals surface area contributed by atoms with E-state index in [1.807, 2.05) is 0 Å². The van der Waals surface area contributed by atoms with Gasteiger partial charge in [0.15, 0.2) is 0 Å². The summed E-state index contributed by atoms with van der Waals surface area (Å²) in [5.41, 5.74) is 0.251. The SMILES string of the molecule is O=C(NC[C@H]1[C@@H]2CNC[C@@H](C2)[C@@H]2CCCC(=O)N21)c1ccc2cnccc2c1O. The summed E-state index contributed by atoms with van der Waals surface area (Å²) in [4.78, 5) is 31.7. The Morgan fingerprint density at radius 3 is 3.03 bits per heavy atom. The number of phenols is 1. The molecule has 152 valence electrons. The monoisotopic (exact) mass is 394 g/mol. The first-order valence-electron chi connectivity index (χ1n) is 10.5. The van der Waals surface area contributed by atoms with Crippen molar-refractivity contribution in [2.45, 2.75) is 37.8 Å². The van der Waals surface area contributed by atoms with Gasteiger partial charge in [0.1, 0.15) is 5.75 Å². The molecule has 7 nitrogen and oxygen atoms in total. The predicted octanol–water partition coefficient (Wildman–Crippen LogP) is 1.66. The van der Waals surface area contributed by atoms with Crippen LogP contribution in [-0.2, 0) is 4.79 Å². The highest BCUT2D eigenvalue weighted by atomic mass is 16.3. The van der Waals surface area contributed by atoms with Crippen molar-refractivity contribution in [1.29, 1.82) is 0 Å². The van der Waals surface area contributed by atoms with Gasteiger partial charge in [-0.05, 0) is 49.8 Å². The van der Waals surface area contributed by atoms with Gasteiger partial charge in [-0.3, -0.25) is 14.6 Å². The molecule has 5 rings (SSSR count). The number of phenolic OH excluding ortho intramolecular Hbond substituents is 1. The maximum absolute atomic E-state index is 12.9. The highest BCUT2D eigenvalue weighted by Crippen LogP contribution is 2.39. The van der Waals surface area contributed by atoms with Crippen LogP contribution < -0.4 is 10.6 Å². The van der Waals surface area contributed by atoms with E-state index in [4.69, 9.17) is 0 Å². The second kappa shape index (κ2) is 7.30. The smallest absolute Gasteiger partial charge is 0.255 e. The number of aromatic hydroxyl groups is 1. The molecule has 0 aliphatic carbocycles. The fourth-order valence-electron chi connectivity index (χ4n) is 5.53. The van der Waals surface area contributed by atoms with E-state index < -0.39 is 0 Å². The lowest BCUT2D eigenvalue weighted by molar-refractivity contribution is -0.148. The lowest BCUT2D eigenvalue weighted by Crippen LogP contribution is -2.66. The number of pyridine rings is 1. The minimum atomic E-state index is -0.312. The number of amides is 2. The zero-order valence-electron chi connectivity index (χ0n) is 16.3. The van der Waals surface area contributed by atoms with E-state index in [-0.39, 0.29) is 35.2 Å². The lowest BCUT2D eigenvalue weighted by atomic mass is 9.72. The molecule has 0 unspecified atom stereocenters. The zero-order valence-corrected chi connectivity index (χ0v) is 16.3. The first-order chi connectivity index (χ1) is 14.1. The number of piperidine rings is 3. The van der Waals surface area contributed by atoms with Crippen LogP contribution in [-0.4, -0.2) is 58.5 Å². The number of hydrogen-bond acceptors (Lipinski definition) is 5. The second-order valence-electron chi connectivity index (χ2n) is 8.51. The Morgan fingerprint density at radius 1 is 1.28 bits per heavy atom. The minimum Gasteiger partial charge on any atom is -0.506 e. The van der Waals surface area contributed by atoms with E-state index in [0.29, 0.717) is 30.2 Å². The average Bonchev–Trinajstić information content (AvgIpc) is 2.74. The Hall–Kier alpha value is -2.67. The number of fused-ring (bicyclic) bond motifs is 5. The van der Waals surface area contributed by atoms with Gasteiger partial charge in [0.2, 0.25) is 5.91 Å². The summed E-state index contributed by atoms with van der Waals surface area (Å²) >= 11 is 0. The van der Waals surface area contributed by atoms with E-state index in [1.165, 1.54) is 0 Å². The molecule has 3 fully saturated rings. The van der Waals surface area contributed by atoms with Gasteiger partial charge < -0.3 is 20.6 Å². The van der Waals surface area contributed by atoms with Gasteiger partial charge in [0.25, 0.3) is 5.91 Å². The van der Waals surface area contributed by atoms with Crippen LogP contribution in [0.1, 0.15) is 36.0 Å². The molecule has 1 aromatic carbocycles. The Balaban J connectivity index is 1.36. The quantitative estimate of drug-likeness (QED) is 0.736. The Morgan fingerprint density at radius 2 is 2.14 bits per heavy atom. The van der Waals surface area contributed by atoms with Gasteiger partial charge in [-0.15, -0.1) is 0 Å². The molecule has 3 aliphatic rings. The fourth-order valence-corrected chi connectivity index (χ4v) is 5.53. The van der Waals surface area contributed by atoms with Gasteiger partial charge in [0, 0.05) is 48.7 Å². The van der Waals surface area contributed by atoms with E-state index >= 15 is 0 Å².